The fourth-order valence-electron chi connectivity index (χ4n) is 2.07. The summed E-state index contributed by atoms with van der Waals surface area (Å²) in [6, 6.07) is 0. The summed E-state index contributed by atoms with van der Waals surface area (Å²) in [5.74, 6) is 1.23. The molecule has 17 heavy (non-hydrogen) atoms. The van der Waals surface area contributed by atoms with E-state index in [-0.39, 0.29) is 0 Å². The summed E-state index contributed by atoms with van der Waals surface area (Å²) in [6.07, 6.45) is 1.03. The average molecular weight is 271 g/mol. The van der Waals surface area contributed by atoms with Gasteiger partial charge in [-0.1, -0.05) is 13.8 Å². The van der Waals surface area contributed by atoms with E-state index in [1.807, 2.05) is 18.4 Å². The Balaban J connectivity index is 2.14. The molecule has 0 saturated carbocycles. The molecular weight excluding hydrogens is 250 g/mol. The highest BCUT2D eigenvalue weighted by Gasteiger charge is 2.20. The predicted octanol–water partition coefficient (Wildman–Crippen LogP) is 2.37. The number of rotatable bonds is 4. The molecule has 0 aliphatic carbocycles. The van der Waals surface area contributed by atoms with Crippen LogP contribution < -0.4 is 10.2 Å². The molecule has 0 radical (unpaired) electrons. The van der Waals surface area contributed by atoms with Gasteiger partial charge in [-0.25, -0.2) is 4.98 Å². The van der Waals surface area contributed by atoms with Crippen LogP contribution in [0.15, 0.2) is 0 Å². The van der Waals surface area contributed by atoms with E-state index in [0.29, 0.717) is 0 Å². The number of aryl methyl sites for hydroxylation is 1. The molecule has 5 heteroatoms. The van der Waals surface area contributed by atoms with Crippen LogP contribution in [0.4, 0.5) is 5.13 Å². The van der Waals surface area contributed by atoms with Crippen molar-refractivity contribution in [1.82, 2.24) is 10.3 Å². The summed E-state index contributed by atoms with van der Waals surface area (Å²) in [5, 5.41) is 5.18. The van der Waals surface area contributed by atoms with Crippen molar-refractivity contribution in [3.8, 4) is 0 Å². The fraction of sp³-hybridized carbons (Fsp3) is 0.750. The number of nitrogens with one attached hydrogen (secondary N) is 1. The van der Waals surface area contributed by atoms with Crippen molar-refractivity contribution in [2.24, 2.45) is 0 Å². The molecule has 2 rings (SSSR count). The molecule has 1 aromatic rings. The Hall–Kier alpha value is -0.260. The first kappa shape index (κ1) is 13.2. The summed E-state index contributed by atoms with van der Waals surface area (Å²) >= 11 is 3.93. The number of hydrogen-bond acceptors (Lipinski definition) is 5. The van der Waals surface area contributed by atoms with Crippen LogP contribution >= 0.6 is 23.1 Å². The SMILES string of the molecule is CCc1nc(N2CCSC(C)C2)sc1CNC. The van der Waals surface area contributed by atoms with Gasteiger partial charge in [0.25, 0.3) is 0 Å². The van der Waals surface area contributed by atoms with Crippen molar-refractivity contribution in [3.05, 3.63) is 10.6 Å². The van der Waals surface area contributed by atoms with Crippen molar-refractivity contribution in [2.75, 3.05) is 30.8 Å². The minimum Gasteiger partial charge on any atom is -0.346 e. The monoisotopic (exact) mass is 271 g/mol. The minimum atomic E-state index is 0.727. The van der Waals surface area contributed by atoms with Crippen LogP contribution in [0.1, 0.15) is 24.4 Å². The molecule has 1 aliphatic rings. The largest absolute Gasteiger partial charge is 0.346 e. The highest BCUT2D eigenvalue weighted by Crippen LogP contribution is 2.30. The second-order valence-corrected chi connectivity index (χ2v) is 6.99. The van der Waals surface area contributed by atoms with Crippen LogP contribution in [-0.4, -0.2) is 36.1 Å². The highest BCUT2D eigenvalue weighted by atomic mass is 32.2. The smallest absolute Gasteiger partial charge is 0.185 e. The van der Waals surface area contributed by atoms with E-state index < -0.39 is 0 Å². The van der Waals surface area contributed by atoms with Crippen LogP contribution in [0.5, 0.6) is 0 Å². The van der Waals surface area contributed by atoms with Gasteiger partial charge < -0.3 is 10.2 Å². The molecule has 3 nitrogen and oxygen atoms in total. The Morgan fingerprint density at radius 2 is 2.35 bits per heavy atom. The van der Waals surface area contributed by atoms with Crippen molar-refractivity contribution in [1.29, 1.82) is 0 Å². The van der Waals surface area contributed by atoms with Crippen LogP contribution in [0, 0.1) is 0 Å². The molecular formula is C12H21N3S2. The van der Waals surface area contributed by atoms with Crippen molar-refractivity contribution in [2.45, 2.75) is 32.1 Å². The van der Waals surface area contributed by atoms with Crippen LogP contribution in [0.2, 0.25) is 0 Å². The summed E-state index contributed by atoms with van der Waals surface area (Å²) in [6.45, 7) is 7.72. The van der Waals surface area contributed by atoms with Crippen LogP contribution in [0.25, 0.3) is 0 Å². The molecule has 1 unspecified atom stereocenters. The zero-order valence-corrected chi connectivity index (χ0v) is 12.5. The highest BCUT2D eigenvalue weighted by molar-refractivity contribution is 8.00. The molecule has 2 heterocycles. The lowest BCUT2D eigenvalue weighted by Crippen LogP contribution is -2.36. The normalized spacial score (nSPS) is 20.9. The van der Waals surface area contributed by atoms with E-state index in [9.17, 15) is 0 Å². The topological polar surface area (TPSA) is 28.2 Å². The first-order valence-electron chi connectivity index (χ1n) is 6.24. The number of hydrogen-bond donors (Lipinski definition) is 1. The molecule has 0 aromatic carbocycles. The maximum absolute atomic E-state index is 4.80. The van der Waals surface area contributed by atoms with Gasteiger partial charge in [-0.05, 0) is 13.5 Å². The third-order valence-corrected chi connectivity index (χ3v) is 5.25. The fourth-order valence-corrected chi connectivity index (χ4v) is 4.28. The van der Waals surface area contributed by atoms with Crippen molar-refractivity contribution in [3.63, 3.8) is 0 Å². The van der Waals surface area contributed by atoms with Gasteiger partial charge in [0.1, 0.15) is 0 Å². The molecule has 1 atom stereocenters. The molecule has 1 saturated heterocycles. The van der Waals surface area contributed by atoms with Gasteiger partial charge in [-0.15, -0.1) is 11.3 Å². The van der Waals surface area contributed by atoms with E-state index in [1.54, 1.807) is 0 Å². The van der Waals surface area contributed by atoms with Gasteiger partial charge in [-0.3, -0.25) is 0 Å². The van der Waals surface area contributed by atoms with Gasteiger partial charge in [0.05, 0.1) is 5.69 Å². The molecule has 1 N–H and O–H groups in total. The lowest BCUT2D eigenvalue weighted by molar-refractivity contribution is 0.775. The number of nitrogens with zero attached hydrogens (tertiary/aromatic N) is 2. The number of thiazole rings is 1. The lowest BCUT2D eigenvalue weighted by Gasteiger charge is -2.30. The van der Waals surface area contributed by atoms with Gasteiger partial charge in [0, 0.05) is 35.5 Å². The first-order valence-corrected chi connectivity index (χ1v) is 8.10. The molecule has 96 valence electrons. The summed E-state index contributed by atoms with van der Waals surface area (Å²) in [4.78, 5) is 8.65. The molecule has 0 spiro atoms. The summed E-state index contributed by atoms with van der Waals surface area (Å²) < 4.78 is 0. The molecule has 0 amide bonds. The molecule has 0 bridgehead atoms. The van der Waals surface area contributed by atoms with Crippen LogP contribution in [0.3, 0.4) is 0 Å². The van der Waals surface area contributed by atoms with E-state index in [0.717, 1.165) is 31.3 Å². The summed E-state index contributed by atoms with van der Waals surface area (Å²) in [7, 11) is 2.00. The van der Waals surface area contributed by atoms with E-state index in [4.69, 9.17) is 4.98 Å². The summed E-state index contributed by atoms with van der Waals surface area (Å²) in [5.41, 5.74) is 1.27. The first-order chi connectivity index (χ1) is 8.24. The number of thioether (sulfide) groups is 1. The third-order valence-electron chi connectivity index (χ3n) is 2.95. The second-order valence-electron chi connectivity index (χ2n) is 4.38. The molecule has 1 aliphatic heterocycles. The average Bonchev–Trinajstić information content (AvgIpc) is 2.73. The maximum Gasteiger partial charge on any atom is 0.185 e. The lowest BCUT2D eigenvalue weighted by atomic mass is 10.3. The predicted molar refractivity (Wildman–Crippen MR) is 78.4 cm³/mol. The zero-order chi connectivity index (χ0) is 12.3. The maximum atomic E-state index is 4.80. The zero-order valence-electron chi connectivity index (χ0n) is 10.8. The molecule has 1 aromatic heterocycles. The Bertz CT molecular complexity index is 365. The quantitative estimate of drug-likeness (QED) is 0.910. The Kier molecular flexibility index (Phi) is 4.70. The second kappa shape index (κ2) is 6.07. The molecule has 1 fully saturated rings. The van der Waals surface area contributed by atoms with Gasteiger partial charge in [0.2, 0.25) is 0 Å². The van der Waals surface area contributed by atoms with E-state index >= 15 is 0 Å². The van der Waals surface area contributed by atoms with E-state index in [2.05, 4.69) is 35.8 Å². The van der Waals surface area contributed by atoms with Gasteiger partial charge in [-0.2, -0.15) is 11.8 Å². The Morgan fingerprint density at radius 1 is 1.53 bits per heavy atom. The number of anilines is 1. The van der Waals surface area contributed by atoms with Gasteiger partial charge in [0.15, 0.2) is 5.13 Å². The van der Waals surface area contributed by atoms with Crippen molar-refractivity contribution >= 4 is 28.2 Å². The number of aromatic nitrogens is 1. The Morgan fingerprint density at radius 3 is 3.00 bits per heavy atom. The third kappa shape index (κ3) is 3.14. The standard InChI is InChI=1S/C12H21N3S2/c1-4-10-11(7-13-3)17-12(14-10)15-5-6-16-9(2)8-15/h9,13H,4-8H2,1-3H3. The van der Waals surface area contributed by atoms with Gasteiger partial charge >= 0.3 is 0 Å². The minimum absolute atomic E-state index is 0.727. The van der Waals surface area contributed by atoms with E-state index in [1.165, 1.54) is 21.5 Å². The van der Waals surface area contributed by atoms with Crippen molar-refractivity contribution < 1.29 is 0 Å². The van der Waals surface area contributed by atoms with Crippen LogP contribution in [-0.2, 0) is 13.0 Å². The Labute approximate surface area is 112 Å².